The van der Waals surface area contributed by atoms with Crippen LogP contribution in [0.2, 0.25) is 0 Å². The number of rotatable bonds is 11. The molecule has 0 spiro atoms. The number of carbonyl (C=O) groups excluding carboxylic acids is 3. The van der Waals surface area contributed by atoms with Crippen LogP contribution in [0, 0.1) is 17.8 Å². The molecule has 432 valence electrons. The average Bonchev–Trinajstić information content (AvgIpc) is 3.48. The van der Waals surface area contributed by atoms with Gasteiger partial charge in [-0.3, -0.25) is 34.2 Å². The minimum Gasteiger partial charge on any atom is -0.342 e. The molecular formula is C67H94BrN9O3. The van der Waals surface area contributed by atoms with Crippen molar-refractivity contribution >= 4 is 33.7 Å². The van der Waals surface area contributed by atoms with Crippen LogP contribution in [0.5, 0.6) is 0 Å². The van der Waals surface area contributed by atoms with Gasteiger partial charge in [-0.05, 0) is 168 Å². The van der Waals surface area contributed by atoms with Crippen LogP contribution in [-0.2, 0) is 59.8 Å². The number of piperidine rings is 3. The van der Waals surface area contributed by atoms with Gasteiger partial charge >= 0.3 is 0 Å². The summed E-state index contributed by atoms with van der Waals surface area (Å²) in [6.45, 7) is 13.3. The number of nitrogens with one attached hydrogen (secondary N) is 2. The Balaban J connectivity index is 0.000000227. The molecule has 0 atom stereocenters. The van der Waals surface area contributed by atoms with Crippen molar-refractivity contribution in [3.05, 3.63) is 167 Å². The molecule has 2 N–H and O–H groups in total. The van der Waals surface area contributed by atoms with Gasteiger partial charge in [0.25, 0.3) is 0 Å². The number of amides is 3. The fourth-order valence-corrected chi connectivity index (χ4v) is 12.3. The van der Waals surface area contributed by atoms with Gasteiger partial charge in [-0.25, -0.2) is 0 Å². The first kappa shape index (κ1) is 62.3. The van der Waals surface area contributed by atoms with Crippen molar-refractivity contribution in [2.24, 2.45) is 17.8 Å². The molecule has 3 amide bonds. The predicted octanol–water partition coefficient (Wildman–Crippen LogP) is 10.8. The summed E-state index contributed by atoms with van der Waals surface area (Å²) < 4.78 is 0. The van der Waals surface area contributed by atoms with E-state index in [-0.39, 0.29) is 25.1 Å². The average molecular weight is 1150 g/mol. The standard InChI is InChI=1S/C40H53N5O2.C14H18BrNO.C12H19N3.CH4/c46-39(44-23-17-35(18-24-44)27-33-11-4-1-5-12-33)31-42-21-8-3-9-22-43(30-38-16-10-15-37(29-42)41-38)32-40(47)45-25-19-36(20-26-45)28-34-13-6-2-7-14-34;15-11-14(17)16-8-6-13(7-9-16)10-12-4-2-1-3-5-12;1-2-7-13-9-11-5-4-6-12(15-11)10-14-8-3-1;/h1-2,4-7,10-16,35-36H,3,8-9,17-32H2;1-5,13H,6-11H2;4-6,13-14H,1-3,7-10H2;1H4. The molecule has 5 aromatic rings. The maximum atomic E-state index is 13.4. The van der Waals surface area contributed by atoms with Gasteiger partial charge in [0.05, 0.1) is 41.2 Å². The van der Waals surface area contributed by atoms with Crippen molar-refractivity contribution in [1.29, 1.82) is 0 Å². The summed E-state index contributed by atoms with van der Waals surface area (Å²) in [6, 6.07) is 44.6. The maximum Gasteiger partial charge on any atom is 0.236 e. The molecule has 0 aliphatic carbocycles. The Bertz CT molecular complexity index is 2410. The molecule has 10 rings (SSSR count). The zero-order valence-corrected chi connectivity index (χ0v) is 48.8. The number of carbonyl (C=O) groups is 3. The summed E-state index contributed by atoms with van der Waals surface area (Å²) in [5.74, 6) is 2.77. The molecule has 4 bridgehead atoms. The number of hydrogen-bond acceptors (Lipinski definition) is 9. The van der Waals surface area contributed by atoms with Crippen molar-refractivity contribution < 1.29 is 14.4 Å². The molecular weight excluding hydrogens is 1060 g/mol. The number of likely N-dealkylation sites (tertiary alicyclic amines) is 3. The molecule has 5 aliphatic heterocycles. The number of halogens is 1. The van der Waals surface area contributed by atoms with E-state index in [1.54, 1.807) is 0 Å². The number of aromatic nitrogens is 2. The minimum atomic E-state index is 0. The first-order valence-electron chi connectivity index (χ1n) is 30.1. The zero-order chi connectivity index (χ0) is 54.7. The molecule has 13 heteroatoms. The van der Waals surface area contributed by atoms with E-state index in [2.05, 4.69) is 179 Å². The fourth-order valence-electron chi connectivity index (χ4n) is 11.9. The van der Waals surface area contributed by atoms with E-state index in [1.807, 2.05) is 4.90 Å². The topological polar surface area (TPSA) is 117 Å². The van der Waals surface area contributed by atoms with Gasteiger partial charge in [0.2, 0.25) is 17.7 Å². The van der Waals surface area contributed by atoms with Gasteiger partial charge in [-0.2, -0.15) is 0 Å². The van der Waals surface area contributed by atoms with Crippen LogP contribution in [0.4, 0.5) is 0 Å². The van der Waals surface area contributed by atoms with E-state index >= 15 is 0 Å². The Hall–Kier alpha value is -5.31. The smallest absolute Gasteiger partial charge is 0.236 e. The summed E-state index contributed by atoms with van der Waals surface area (Å²) in [4.78, 5) is 58.7. The molecule has 3 saturated heterocycles. The van der Waals surface area contributed by atoms with Gasteiger partial charge in [-0.1, -0.05) is 139 Å². The van der Waals surface area contributed by atoms with Crippen LogP contribution in [0.1, 0.15) is 124 Å². The van der Waals surface area contributed by atoms with Crippen molar-refractivity contribution in [3.63, 3.8) is 0 Å². The lowest BCUT2D eigenvalue weighted by molar-refractivity contribution is -0.134. The van der Waals surface area contributed by atoms with Crippen molar-refractivity contribution in [2.75, 3.05) is 83.9 Å². The molecule has 7 heterocycles. The van der Waals surface area contributed by atoms with Gasteiger partial charge in [-0.15, -0.1) is 0 Å². The molecule has 3 aromatic carbocycles. The predicted molar refractivity (Wildman–Crippen MR) is 329 cm³/mol. The lowest BCUT2D eigenvalue weighted by atomic mass is 9.90. The number of fused-ring (bicyclic) bond motifs is 4. The molecule has 0 radical (unpaired) electrons. The maximum absolute atomic E-state index is 13.4. The van der Waals surface area contributed by atoms with E-state index in [0.29, 0.717) is 43.3 Å². The minimum absolute atomic E-state index is 0. The van der Waals surface area contributed by atoms with Crippen LogP contribution in [0.15, 0.2) is 127 Å². The summed E-state index contributed by atoms with van der Waals surface area (Å²) in [5.41, 5.74) is 8.52. The summed E-state index contributed by atoms with van der Waals surface area (Å²) in [5, 5.41) is 7.31. The molecule has 5 aliphatic rings. The number of pyridine rings is 2. The number of hydrogen-bond donors (Lipinski definition) is 2. The molecule has 2 aromatic heterocycles. The van der Waals surface area contributed by atoms with Crippen molar-refractivity contribution in [2.45, 2.75) is 130 Å². The number of alkyl halides is 1. The monoisotopic (exact) mass is 1150 g/mol. The van der Waals surface area contributed by atoms with E-state index in [0.717, 1.165) is 184 Å². The van der Waals surface area contributed by atoms with Crippen molar-refractivity contribution in [1.82, 2.24) is 45.1 Å². The zero-order valence-electron chi connectivity index (χ0n) is 47.2. The third kappa shape index (κ3) is 21.9. The van der Waals surface area contributed by atoms with Crippen molar-refractivity contribution in [3.8, 4) is 0 Å². The second-order valence-electron chi connectivity index (χ2n) is 22.8. The van der Waals surface area contributed by atoms with Gasteiger partial charge in [0.1, 0.15) is 0 Å². The van der Waals surface area contributed by atoms with E-state index in [9.17, 15) is 14.4 Å². The Morgan fingerprint density at radius 3 is 1.12 bits per heavy atom. The first-order valence-corrected chi connectivity index (χ1v) is 31.2. The van der Waals surface area contributed by atoms with Gasteiger partial charge in [0.15, 0.2) is 0 Å². The fraction of sp³-hybridized carbons (Fsp3) is 0.537. The van der Waals surface area contributed by atoms with Crippen LogP contribution >= 0.6 is 15.9 Å². The second kappa shape index (κ2) is 34.9. The molecule has 0 saturated carbocycles. The highest BCUT2D eigenvalue weighted by Crippen LogP contribution is 2.25. The number of nitrogens with zero attached hydrogens (tertiary/aromatic N) is 7. The second-order valence-corrected chi connectivity index (χ2v) is 23.4. The van der Waals surface area contributed by atoms with Gasteiger partial charge in [0, 0.05) is 65.4 Å². The highest BCUT2D eigenvalue weighted by atomic mass is 79.9. The Morgan fingerprint density at radius 2 is 0.750 bits per heavy atom. The number of benzene rings is 3. The summed E-state index contributed by atoms with van der Waals surface area (Å²) >= 11 is 3.23. The quantitative estimate of drug-likeness (QED) is 0.125. The summed E-state index contributed by atoms with van der Waals surface area (Å²) in [6.07, 6.45) is 17.0. The molecule has 0 unspecified atom stereocenters. The Labute approximate surface area is 489 Å². The first-order chi connectivity index (χ1) is 38.8. The normalized spacial score (nSPS) is 18.7. The van der Waals surface area contributed by atoms with Crippen LogP contribution in [0.3, 0.4) is 0 Å². The van der Waals surface area contributed by atoms with E-state index in [1.165, 1.54) is 36.0 Å². The SMILES string of the molecule is C.O=C(CBr)N1CCC(Cc2ccccc2)CC1.O=C(CN1CCCCCN(CC(=O)N2CCC(Cc3ccccc3)CC2)Cc2cccc(n2)C1)N1CCC(Cc2ccccc2)CC1.c1cc2nc(c1)CNCCCCCNC2. The Kier molecular flexibility index (Phi) is 27.1. The molecule has 3 fully saturated rings. The van der Waals surface area contributed by atoms with E-state index in [4.69, 9.17) is 4.98 Å². The molecule has 12 nitrogen and oxygen atoms in total. The highest BCUT2D eigenvalue weighted by molar-refractivity contribution is 9.09. The molecule has 80 heavy (non-hydrogen) atoms. The van der Waals surface area contributed by atoms with Crippen LogP contribution < -0.4 is 10.6 Å². The third-order valence-electron chi connectivity index (χ3n) is 16.6. The largest absolute Gasteiger partial charge is 0.342 e. The van der Waals surface area contributed by atoms with Crippen LogP contribution in [0.25, 0.3) is 0 Å². The van der Waals surface area contributed by atoms with Gasteiger partial charge < -0.3 is 25.3 Å². The summed E-state index contributed by atoms with van der Waals surface area (Å²) in [7, 11) is 0. The van der Waals surface area contributed by atoms with Crippen LogP contribution in [-0.4, -0.2) is 136 Å². The lowest BCUT2D eigenvalue weighted by Gasteiger charge is -2.34. The highest BCUT2D eigenvalue weighted by Gasteiger charge is 2.27. The van der Waals surface area contributed by atoms with E-state index < -0.39 is 0 Å². The lowest BCUT2D eigenvalue weighted by Crippen LogP contribution is -2.45. The third-order valence-corrected chi connectivity index (χ3v) is 17.1. The Morgan fingerprint density at radius 1 is 0.412 bits per heavy atom.